The van der Waals surface area contributed by atoms with Gasteiger partial charge in [0.15, 0.2) is 5.78 Å². The maximum absolute atomic E-state index is 12.9. The Labute approximate surface area is 180 Å². The number of esters is 2. The Morgan fingerprint density at radius 1 is 0.833 bits per heavy atom. The first-order valence-corrected chi connectivity index (χ1v) is 12.0. The zero-order chi connectivity index (χ0) is 21.7. The van der Waals surface area contributed by atoms with Gasteiger partial charge in [0.2, 0.25) is 0 Å². The molecule has 0 unspecified atom stereocenters. The Morgan fingerprint density at radius 2 is 1.53 bits per heavy atom. The van der Waals surface area contributed by atoms with Crippen LogP contribution in [0.25, 0.3) is 0 Å². The Morgan fingerprint density at radius 3 is 2.23 bits per heavy atom. The van der Waals surface area contributed by atoms with E-state index in [0.717, 1.165) is 44.4 Å². The van der Waals surface area contributed by atoms with E-state index in [1.54, 1.807) is 0 Å². The molecule has 5 heteroatoms. The molecule has 0 spiro atoms. The molecule has 4 rings (SSSR count). The molecule has 0 aromatic rings. The second-order valence-electron chi connectivity index (χ2n) is 11.1. The number of Topliss-reactive ketones (excluding diaryl/α,β-unsaturated/α-hetero) is 1. The van der Waals surface area contributed by atoms with Gasteiger partial charge in [-0.25, -0.2) is 0 Å². The van der Waals surface area contributed by atoms with Crippen LogP contribution in [0.3, 0.4) is 0 Å². The molecule has 168 valence electrons. The largest absolute Gasteiger partial charge is 0.463 e. The minimum Gasteiger partial charge on any atom is -0.463 e. The van der Waals surface area contributed by atoms with Crippen molar-refractivity contribution in [3.8, 4) is 0 Å². The summed E-state index contributed by atoms with van der Waals surface area (Å²) < 4.78 is 10.6. The summed E-state index contributed by atoms with van der Waals surface area (Å²) >= 11 is 0. The Bertz CT molecular complexity index is 716. The van der Waals surface area contributed by atoms with Gasteiger partial charge in [0.25, 0.3) is 0 Å². The van der Waals surface area contributed by atoms with Crippen LogP contribution in [0.1, 0.15) is 85.5 Å². The highest BCUT2D eigenvalue weighted by molar-refractivity contribution is 5.85. The fourth-order valence-electron chi connectivity index (χ4n) is 8.36. The second-order valence-corrected chi connectivity index (χ2v) is 11.1. The van der Waals surface area contributed by atoms with Gasteiger partial charge in [-0.1, -0.05) is 13.8 Å². The maximum Gasteiger partial charge on any atom is 0.303 e. The van der Waals surface area contributed by atoms with Crippen LogP contribution in [0.15, 0.2) is 0 Å². The van der Waals surface area contributed by atoms with Gasteiger partial charge in [0.1, 0.15) is 12.7 Å². The standard InChI is InChI=1S/C25H38O5/c1-15(26)29-14-23(28)22-8-7-20-19-6-5-17-13-18(30-16(2)27)9-11-24(17,3)21(19)10-12-25(20,22)4/h17-22H,5-14H2,1-4H3/t17-,18+,19-,20+,21-,22-,24-,25-/m0/s1. The molecular formula is C25H38O5. The lowest BCUT2D eigenvalue weighted by Gasteiger charge is -2.61. The first kappa shape index (κ1) is 21.8. The first-order valence-electron chi connectivity index (χ1n) is 12.0. The van der Waals surface area contributed by atoms with Crippen LogP contribution in [-0.4, -0.2) is 30.4 Å². The highest BCUT2D eigenvalue weighted by Crippen LogP contribution is 2.67. The highest BCUT2D eigenvalue weighted by atomic mass is 16.5. The summed E-state index contributed by atoms with van der Waals surface area (Å²) in [7, 11) is 0. The van der Waals surface area contributed by atoms with Gasteiger partial charge in [-0.15, -0.1) is 0 Å². The van der Waals surface area contributed by atoms with Gasteiger partial charge < -0.3 is 9.47 Å². The van der Waals surface area contributed by atoms with E-state index in [-0.39, 0.29) is 41.8 Å². The van der Waals surface area contributed by atoms with Crippen molar-refractivity contribution in [2.45, 2.75) is 91.6 Å². The predicted molar refractivity (Wildman–Crippen MR) is 112 cm³/mol. The average Bonchev–Trinajstić information content (AvgIpc) is 3.03. The smallest absolute Gasteiger partial charge is 0.303 e. The Hall–Kier alpha value is -1.39. The van der Waals surface area contributed by atoms with E-state index >= 15 is 0 Å². The summed E-state index contributed by atoms with van der Waals surface area (Å²) in [5.74, 6) is 2.29. The van der Waals surface area contributed by atoms with E-state index in [2.05, 4.69) is 13.8 Å². The molecule has 0 N–H and O–H groups in total. The van der Waals surface area contributed by atoms with Gasteiger partial charge in [-0.05, 0) is 92.3 Å². The SMILES string of the molecule is CC(=O)OCC(=O)[C@@H]1CC[C@@H]2[C@@H]3CC[C@H]4C[C@H](OC(C)=O)CC[C@]4(C)[C@H]3CC[C@@]21C. The fourth-order valence-corrected chi connectivity index (χ4v) is 8.36. The van der Waals surface area contributed by atoms with E-state index in [1.807, 2.05) is 0 Å². The molecule has 0 aliphatic heterocycles. The molecule has 0 bridgehead atoms. The Balaban J connectivity index is 1.48. The fraction of sp³-hybridized carbons (Fsp3) is 0.880. The van der Waals surface area contributed by atoms with E-state index in [0.29, 0.717) is 23.2 Å². The van der Waals surface area contributed by atoms with E-state index in [1.165, 1.54) is 33.1 Å². The maximum atomic E-state index is 12.9. The van der Waals surface area contributed by atoms with Crippen LogP contribution in [0.2, 0.25) is 0 Å². The lowest BCUT2D eigenvalue weighted by atomic mass is 9.44. The number of carbonyl (C=O) groups excluding carboxylic acids is 3. The van der Waals surface area contributed by atoms with Crippen LogP contribution in [0, 0.1) is 40.4 Å². The molecular weight excluding hydrogens is 380 g/mol. The molecule has 5 nitrogen and oxygen atoms in total. The first-order chi connectivity index (χ1) is 14.1. The third-order valence-electron chi connectivity index (χ3n) is 9.76. The number of hydrogen-bond donors (Lipinski definition) is 0. The van der Waals surface area contributed by atoms with Crippen molar-refractivity contribution in [3.05, 3.63) is 0 Å². The molecule has 8 atom stereocenters. The van der Waals surface area contributed by atoms with Crippen molar-refractivity contribution in [1.82, 2.24) is 0 Å². The van der Waals surface area contributed by atoms with Gasteiger partial charge in [-0.2, -0.15) is 0 Å². The number of hydrogen-bond acceptors (Lipinski definition) is 5. The van der Waals surface area contributed by atoms with Crippen molar-refractivity contribution in [2.24, 2.45) is 40.4 Å². The molecule has 4 aliphatic rings. The average molecular weight is 419 g/mol. The zero-order valence-electron chi connectivity index (χ0n) is 19.1. The van der Waals surface area contributed by atoms with Gasteiger partial charge in [-0.3, -0.25) is 14.4 Å². The lowest BCUT2D eigenvalue weighted by Crippen LogP contribution is -2.54. The van der Waals surface area contributed by atoms with E-state index in [4.69, 9.17) is 9.47 Å². The van der Waals surface area contributed by atoms with Crippen LogP contribution >= 0.6 is 0 Å². The summed E-state index contributed by atoms with van der Waals surface area (Å²) in [4.78, 5) is 35.5. The second kappa shape index (κ2) is 7.94. The number of fused-ring (bicyclic) bond motifs is 5. The summed E-state index contributed by atoms with van der Waals surface area (Å²) in [6.07, 6.45) is 10.1. The highest BCUT2D eigenvalue weighted by Gasteiger charge is 2.61. The van der Waals surface area contributed by atoms with Gasteiger partial charge >= 0.3 is 11.9 Å². The van der Waals surface area contributed by atoms with Crippen molar-refractivity contribution < 1.29 is 23.9 Å². The summed E-state index contributed by atoms with van der Waals surface area (Å²) in [6.45, 7) is 7.66. The molecule has 4 saturated carbocycles. The molecule has 4 aliphatic carbocycles. The summed E-state index contributed by atoms with van der Waals surface area (Å²) in [5, 5.41) is 0. The van der Waals surface area contributed by atoms with Crippen molar-refractivity contribution in [2.75, 3.05) is 6.61 Å². The molecule has 0 heterocycles. The van der Waals surface area contributed by atoms with E-state index < -0.39 is 0 Å². The Kier molecular flexibility index (Phi) is 5.78. The van der Waals surface area contributed by atoms with Crippen LogP contribution in [-0.2, 0) is 23.9 Å². The third-order valence-corrected chi connectivity index (χ3v) is 9.76. The minimum atomic E-state index is -0.373. The number of ether oxygens (including phenoxy) is 2. The van der Waals surface area contributed by atoms with Crippen LogP contribution in [0.5, 0.6) is 0 Å². The molecule has 0 radical (unpaired) electrons. The quantitative estimate of drug-likeness (QED) is 0.619. The molecule has 0 aromatic heterocycles. The number of ketones is 1. The normalized spacial score (nSPS) is 44.9. The zero-order valence-corrected chi connectivity index (χ0v) is 19.1. The molecule has 0 aromatic carbocycles. The molecule has 4 fully saturated rings. The summed E-state index contributed by atoms with van der Waals surface area (Å²) in [6, 6.07) is 0. The molecule has 0 saturated heterocycles. The van der Waals surface area contributed by atoms with Crippen molar-refractivity contribution >= 4 is 17.7 Å². The summed E-state index contributed by atoms with van der Waals surface area (Å²) in [5.41, 5.74) is 0.386. The van der Waals surface area contributed by atoms with Crippen LogP contribution < -0.4 is 0 Å². The predicted octanol–water partition coefficient (Wildman–Crippen LogP) is 4.71. The molecule has 30 heavy (non-hydrogen) atoms. The van der Waals surface area contributed by atoms with Crippen molar-refractivity contribution in [1.29, 1.82) is 0 Å². The number of carbonyl (C=O) groups is 3. The minimum absolute atomic E-state index is 0.0352. The molecule has 0 amide bonds. The lowest BCUT2D eigenvalue weighted by molar-refractivity contribution is -0.161. The monoisotopic (exact) mass is 418 g/mol. The number of rotatable bonds is 4. The topological polar surface area (TPSA) is 69.7 Å². The van der Waals surface area contributed by atoms with Gasteiger partial charge in [0, 0.05) is 19.8 Å². The third kappa shape index (κ3) is 3.60. The van der Waals surface area contributed by atoms with Crippen LogP contribution in [0.4, 0.5) is 0 Å². The van der Waals surface area contributed by atoms with Gasteiger partial charge in [0.05, 0.1) is 0 Å². The van der Waals surface area contributed by atoms with Crippen molar-refractivity contribution in [3.63, 3.8) is 0 Å². The van der Waals surface area contributed by atoms with E-state index in [9.17, 15) is 14.4 Å².